The second-order valence-electron chi connectivity index (χ2n) is 18.5. The number of nitrogens with zero attached hydrogens (tertiary/aromatic N) is 4. The van der Waals surface area contributed by atoms with E-state index >= 15 is 0 Å². The lowest BCUT2D eigenvalue weighted by atomic mass is 9.80. The number of thioether (sulfide) groups is 2. The Morgan fingerprint density at radius 2 is 1.29 bits per heavy atom. The molecule has 0 aromatic carbocycles. The Morgan fingerprint density at radius 1 is 0.780 bits per heavy atom. The van der Waals surface area contributed by atoms with Crippen LogP contribution in [-0.2, 0) is 60.7 Å². The quantitative estimate of drug-likeness (QED) is 0.0436. The zero-order valence-electron chi connectivity index (χ0n) is 38.8. The van der Waals surface area contributed by atoms with E-state index in [0.717, 1.165) is 12.8 Å². The third-order valence-corrected chi connectivity index (χ3v) is 12.5. The molecule has 0 saturated heterocycles. The van der Waals surface area contributed by atoms with Gasteiger partial charge in [-0.25, -0.2) is 0 Å². The summed E-state index contributed by atoms with van der Waals surface area (Å²) in [5.41, 5.74) is 0.0289. The molecule has 0 amide bonds. The summed E-state index contributed by atoms with van der Waals surface area (Å²) >= 11 is 3.45. The largest absolute Gasteiger partial charge is 0.462 e. The van der Waals surface area contributed by atoms with Gasteiger partial charge in [-0.1, -0.05) is 66.4 Å². The van der Waals surface area contributed by atoms with Gasteiger partial charge in [-0.2, -0.15) is 23.5 Å². The van der Waals surface area contributed by atoms with Crippen LogP contribution in [0.25, 0.3) is 0 Å². The summed E-state index contributed by atoms with van der Waals surface area (Å²) in [6, 6.07) is 0. The molecule has 1 aromatic heterocycles. The van der Waals surface area contributed by atoms with E-state index in [-0.39, 0.29) is 96.7 Å². The van der Waals surface area contributed by atoms with E-state index in [2.05, 4.69) is 59.7 Å². The van der Waals surface area contributed by atoms with Gasteiger partial charge in [0.25, 0.3) is 0 Å². The van der Waals surface area contributed by atoms with E-state index in [4.69, 9.17) is 28.4 Å². The van der Waals surface area contributed by atoms with Crippen molar-refractivity contribution in [1.29, 1.82) is 0 Å². The van der Waals surface area contributed by atoms with Crippen molar-refractivity contribution in [3.63, 3.8) is 0 Å². The monoisotopic (exact) mass is 871 g/mol. The molecule has 1 aromatic rings. The number of carbonyl (C=O) groups excluding carboxylic acids is 4. The Hall–Kier alpha value is -2.27. The van der Waals surface area contributed by atoms with Crippen molar-refractivity contribution in [2.24, 2.45) is 11.8 Å². The Balaban J connectivity index is 2.71. The molecule has 0 radical (unpaired) electrons. The Labute approximate surface area is 365 Å². The number of hydrogen-bond donors (Lipinski definition) is 0. The fourth-order valence-corrected chi connectivity index (χ4v) is 7.75. The molecule has 0 aliphatic rings. The first-order chi connectivity index (χ1) is 27.3. The molecule has 4 atom stereocenters. The SMILES string of the molecule is BC(C)CC(C)(C)SCC(C)C(=O)OCCOC(=O)CCN(CCC(=O)OCCOC(=O)C(C)CSC(C)(C)C)Cc1cn(CCC(B)(C)OCCC(C)(C)OC)nn1. The summed E-state index contributed by atoms with van der Waals surface area (Å²) in [6.07, 6.45) is 4.46. The second-order valence-corrected chi connectivity index (χ2v) is 22.1. The normalized spacial score (nSPS) is 14.9. The van der Waals surface area contributed by atoms with Crippen molar-refractivity contribution < 1.29 is 47.6 Å². The van der Waals surface area contributed by atoms with Gasteiger partial charge in [0.2, 0.25) is 0 Å². The standard InChI is InChI=1S/C41H76B2N4O10S2/c1-30(28-58-38(4,5)6)36(50)55-23-21-53-34(48)13-17-46(26-33-27-47(45-44-33)19-15-41(11,43)57-20-16-39(7,8)52-12)18-14-35(49)54-22-24-56-37(51)31(2)29-59-40(9,10)25-32(3)42/h27,30-32H,13-26,28-29,42-43H2,1-12H3. The van der Waals surface area contributed by atoms with Crippen molar-refractivity contribution in [3.8, 4) is 0 Å². The Bertz CT molecular complexity index is 1410. The average Bonchev–Trinajstić information content (AvgIpc) is 3.59. The predicted octanol–water partition coefficient (Wildman–Crippen LogP) is 4.75. The molecule has 0 bridgehead atoms. The van der Waals surface area contributed by atoms with E-state index < -0.39 is 11.9 Å². The molecule has 18 heteroatoms. The summed E-state index contributed by atoms with van der Waals surface area (Å²) in [6.45, 7) is 24.5. The summed E-state index contributed by atoms with van der Waals surface area (Å²) in [4.78, 5) is 52.2. The lowest BCUT2D eigenvalue weighted by molar-refractivity contribution is -0.154. The molecule has 1 heterocycles. The molecule has 0 N–H and O–H groups in total. The number of rotatable bonds is 31. The topological polar surface area (TPSA) is 158 Å². The number of esters is 4. The van der Waals surface area contributed by atoms with Gasteiger partial charge in [0.1, 0.15) is 42.1 Å². The van der Waals surface area contributed by atoms with Gasteiger partial charge in [0.05, 0.1) is 36.0 Å². The molecule has 0 saturated carbocycles. The molecule has 0 aliphatic carbocycles. The molecule has 0 aliphatic heterocycles. The minimum Gasteiger partial charge on any atom is -0.462 e. The van der Waals surface area contributed by atoms with Gasteiger partial charge in [-0.05, 0) is 40.0 Å². The summed E-state index contributed by atoms with van der Waals surface area (Å²) in [7, 11) is 5.93. The Kier molecular flexibility index (Phi) is 25.0. The van der Waals surface area contributed by atoms with Gasteiger partial charge in [-0.3, -0.25) is 28.8 Å². The highest BCUT2D eigenvalue weighted by molar-refractivity contribution is 8.00. The van der Waals surface area contributed by atoms with Crippen LogP contribution in [0.2, 0.25) is 5.82 Å². The van der Waals surface area contributed by atoms with Crippen LogP contribution in [0.1, 0.15) is 114 Å². The van der Waals surface area contributed by atoms with Gasteiger partial charge in [0, 0.05) is 72.6 Å². The maximum atomic E-state index is 12.7. The lowest BCUT2D eigenvalue weighted by Crippen LogP contribution is -2.34. The van der Waals surface area contributed by atoms with Crippen LogP contribution in [0.3, 0.4) is 0 Å². The molecule has 0 fully saturated rings. The van der Waals surface area contributed by atoms with Crippen LogP contribution in [0, 0.1) is 11.8 Å². The predicted molar refractivity (Wildman–Crippen MR) is 241 cm³/mol. The third kappa shape index (κ3) is 27.3. The first-order valence-electron chi connectivity index (χ1n) is 21.0. The van der Waals surface area contributed by atoms with Crippen LogP contribution in [0.4, 0.5) is 0 Å². The number of methoxy groups -OCH3 is 1. The number of hydrogen-bond acceptors (Lipinski definition) is 15. The van der Waals surface area contributed by atoms with Gasteiger partial charge in [0.15, 0.2) is 0 Å². The van der Waals surface area contributed by atoms with Crippen molar-refractivity contribution in [2.75, 3.05) is 64.7 Å². The minimum atomic E-state index is -0.456. The number of aromatic nitrogens is 3. The maximum Gasteiger partial charge on any atom is 0.309 e. The highest BCUT2D eigenvalue weighted by Crippen LogP contribution is 2.33. The fraction of sp³-hybridized carbons (Fsp3) is 0.854. The lowest BCUT2D eigenvalue weighted by Gasteiger charge is -2.29. The Morgan fingerprint density at radius 3 is 1.78 bits per heavy atom. The van der Waals surface area contributed by atoms with Crippen molar-refractivity contribution in [3.05, 3.63) is 11.9 Å². The van der Waals surface area contributed by atoms with Gasteiger partial charge < -0.3 is 28.4 Å². The molecular formula is C41H76B2N4O10S2. The van der Waals surface area contributed by atoms with E-state index in [9.17, 15) is 19.2 Å². The molecule has 0 spiro atoms. The van der Waals surface area contributed by atoms with E-state index in [1.165, 1.54) is 0 Å². The van der Waals surface area contributed by atoms with Crippen LogP contribution in [0.15, 0.2) is 6.20 Å². The summed E-state index contributed by atoms with van der Waals surface area (Å²) in [5, 5.41) is 8.65. The third-order valence-electron chi connectivity index (χ3n) is 9.30. The molecule has 59 heavy (non-hydrogen) atoms. The number of aryl methyl sites for hydroxylation is 1. The average molecular weight is 871 g/mol. The number of ether oxygens (including phenoxy) is 6. The first kappa shape index (κ1) is 54.7. The molecule has 338 valence electrons. The van der Waals surface area contributed by atoms with Crippen LogP contribution < -0.4 is 0 Å². The van der Waals surface area contributed by atoms with Gasteiger partial charge in [-0.15, -0.1) is 5.10 Å². The van der Waals surface area contributed by atoms with Gasteiger partial charge >= 0.3 is 23.9 Å². The zero-order chi connectivity index (χ0) is 44.9. The smallest absolute Gasteiger partial charge is 0.309 e. The number of carbonyl (C=O) groups is 4. The first-order valence-corrected chi connectivity index (χ1v) is 23.0. The maximum absolute atomic E-state index is 12.7. The van der Waals surface area contributed by atoms with Crippen molar-refractivity contribution >= 4 is 63.1 Å². The molecule has 14 nitrogen and oxygen atoms in total. The zero-order valence-corrected chi connectivity index (χ0v) is 40.4. The van der Waals surface area contributed by atoms with E-state index in [0.29, 0.717) is 49.1 Å². The molecular weight excluding hydrogens is 794 g/mol. The van der Waals surface area contributed by atoms with Crippen molar-refractivity contribution in [1.82, 2.24) is 19.9 Å². The van der Waals surface area contributed by atoms with Crippen LogP contribution in [0.5, 0.6) is 0 Å². The second kappa shape index (κ2) is 26.9. The minimum absolute atomic E-state index is 0.0231. The van der Waals surface area contributed by atoms with Crippen LogP contribution >= 0.6 is 23.5 Å². The molecule has 4 unspecified atom stereocenters. The fourth-order valence-electron chi connectivity index (χ4n) is 5.58. The summed E-state index contributed by atoms with van der Waals surface area (Å²) in [5.74, 6) is -0.236. The highest BCUT2D eigenvalue weighted by Gasteiger charge is 2.25. The van der Waals surface area contributed by atoms with E-state index in [1.54, 1.807) is 35.3 Å². The molecule has 1 rings (SSSR count). The summed E-state index contributed by atoms with van der Waals surface area (Å²) < 4.78 is 34.9. The van der Waals surface area contributed by atoms with Crippen molar-refractivity contribution in [2.45, 2.75) is 148 Å². The highest BCUT2D eigenvalue weighted by atomic mass is 32.2. The van der Waals surface area contributed by atoms with Crippen LogP contribution in [-0.4, -0.2) is 145 Å². The van der Waals surface area contributed by atoms with E-state index in [1.807, 2.05) is 53.6 Å².